The Morgan fingerprint density at radius 1 is 1.30 bits per heavy atom. The van der Waals surface area contributed by atoms with Crippen molar-refractivity contribution in [3.05, 3.63) is 29.8 Å². The summed E-state index contributed by atoms with van der Waals surface area (Å²) in [5.41, 5.74) is 0.374. The Morgan fingerprint density at radius 3 is 2.65 bits per heavy atom. The van der Waals surface area contributed by atoms with Gasteiger partial charge in [-0.15, -0.1) is 0 Å². The van der Waals surface area contributed by atoms with Crippen LogP contribution in [0.25, 0.3) is 0 Å². The van der Waals surface area contributed by atoms with Gasteiger partial charge in [-0.3, -0.25) is 4.79 Å². The third-order valence-corrected chi connectivity index (χ3v) is 7.11. The molecule has 1 fully saturated rings. The van der Waals surface area contributed by atoms with Crippen LogP contribution in [-0.4, -0.2) is 50.3 Å². The summed E-state index contributed by atoms with van der Waals surface area (Å²) in [7, 11) is -0.571. The van der Waals surface area contributed by atoms with Crippen LogP contribution in [0, 0.1) is 0 Å². The minimum atomic E-state index is -3.52. The van der Waals surface area contributed by atoms with Crippen molar-refractivity contribution in [1.29, 1.82) is 0 Å². The summed E-state index contributed by atoms with van der Waals surface area (Å²) in [4.78, 5) is 12.3. The highest BCUT2D eigenvalue weighted by molar-refractivity contribution is 7.99. The fraction of sp³-hybridized carbons (Fsp3) is 0.562. The molecule has 0 bridgehead atoms. The number of hydrogen-bond acceptors (Lipinski definition) is 4. The molecule has 1 aliphatic carbocycles. The monoisotopic (exact) mass is 356 g/mol. The predicted octanol–water partition coefficient (Wildman–Crippen LogP) is 2.34. The van der Waals surface area contributed by atoms with Gasteiger partial charge in [0, 0.05) is 37.2 Å². The van der Waals surface area contributed by atoms with Crippen LogP contribution in [0.15, 0.2) is 29.2 Å². The largest absolute Gasteiger partial charge is 0.351 e. The van der Waals surface area contributed by atoms with Gasteiger partial charge < -0.3 is 5.32 Å². The van der Waals surface area contributed by atoms with Gasteiger partial charge in [0.25, 0.3) is 5.91 Å². The first-order chi connectivity index (χ1) is 10.9. The second-order valence-electron chi connectivity index (χ2n) is 5.85. The molecule has 5 nitrogen and oxygen atoms in total. The SMILES string of the molecule is CN(C)S(=O)(=O)c1cccc(C(=O)NCCSC2CCCC2)c1. The summed E-state index contributed by atoms with van der Waals surface area (Å²) in [6, 6.07) is 6.16. The molecule has 0 radical (unpaired) electrons. The van der Waals surface area contributed by atoms with E-state index in [1.54, 1.807) is 12.1 Å². The van der Waals surface area contributed by atoms with Gasteiger partial charge in [0.1, 0.15) is 0 Å². The molecule has 0 atom stereocenters. The molecule has 1 aromatic rings. The number of carbonyl (C=O) groups excluding carboxylic acids is 1. The highest BCUT2D eigenvalue weighted by Crippen LogP contribution is 2.28. The van der Waals surface area contributed by atoms with Crippen molar-refractivity contribution >= 4 is 27.7 Å². The highest BCUT2D eigenvalue weighted by Gasteiger charge is 2.19. The van der Waals surface area contributed by atoms with Gasteiger partial charge in [0.05, 0.1) is 4.90 Å². The molecule has 1 saturated carbocycles. The van der Waals surface area contributed by atoms with E-state index in [0.29, 0.717) is 12.1 Å². The lowest BCUT2D eigenvalue weighted by Gasteiger charge is -2.12. The van der Waals surface area contributed by atoms with Crippen LogP contribution in [0.2, 0.25) is 0 Å². The van der Waals surface area contributed by atoms with E-state index in [0.717, 1.165) is 15.3 Å². The zero-order valence-electron chi connectivity index (χ0n) is 13.6. The Morgan fingerprint density at radius 2 is 2.00 bits per heavy atom. The first-order valence-electron chi connectivity index (χ1n) is 7.83. The molecule has 1 amide bonds. The van der Waals surface area contributed by atoms with Crippen LogP contribution >= 0.6 is 11.8 Å². The molecule has 23 heavy (non-hydrogen) atoms. The van der Waals surface area contributed by atoms with E-state index in [1.165, 1.54) is 51.9 Å². The van der Waals surface area contributed by atoms with E-state index in [9.17, 15) is 13.2 Å². The summed E-state index contributed by atoms with van der Waals surface area (Å²) in [6.45, 7) is 0.602. The van der Waals surface area contributed by atoms with Crippen LogP contribution in [0.1, 0.15) is 36.0 Å². The standard InChI is InChI=1S/C16H24N2O3S2/c1-18(2)23(20,21)15-9-5-6-13(12-15)16(19)17-10-11-22-14-7-3-4-8-14/h5-6,9,12,14H,3-4,7-8,10-11H2,1-2H3,(H,17,19). The molecule has 0 unspecified atom stereocenters. The number of nitrogens with one attached hydrogen (secondary N) is 1. The molecule has 1 N–H and O–H groups in total. The molecule has 0 spiro atoms. The van der Waals surface area contributed by atoms with Crippen molar-refractivity contribution in [2.45, 2.75) is 35.8 Å². The third-order valence-electron chi connectivity index (χ3n) is 3.92. The summed E-state index contributed by atoms with van der Waals surface area (Å²) in [5.74, 6) is 0.666. The maximum Gasteiger partial charge on any atom is 0.251 e. The number of sulfonamides is 1. The fourth-order valence-corrected chi connectivity index (χ4v) is 4.72. The highest BCUT2D eigenvalue weighted by atomic mass is 32.2. The maximum absolute atomic E-state index is 12.2. The van der Waals surface area contributed by atoms with Crippen LogP contribution < -0.4 is 5.32 Å². The molecule has 2 rings (SSSR count). The van der Waals surface area contributed by atoms with Gasteiger partial charge in [-0.2, -0.15) is 11.8 Å². The fourth-order valence-electron chi connectivity index (χ4n) is 2.56. The Balaban J connectivity index is 1.89. The first-order valence-corrected chi connectivity index (χ1v) is 10.3. The minimum absolute atomic E-state index is 0.135. The van der Waals surface area contributed by atoms with Gasteiger partial charge in [-0.05, 0) is 31.0 Å². The molecule has 0 heterocycles. The van der Waals surface area contributed by atoms with Crippen LogP contribution in [-0.2, 0) is 10.0 Å². The van der Waals surface area contributed by atoms with Crippen LogP contribution in [0.5, 0.6) is 0 Å². The van der Waals surface area contributed by atoms with E-state index >= 15 is 0 Å². The van der Waals surface area contributed by atoms with Crippen molar-refractivity contribution < 1.29 is 13.2 Å². The molecule has 1 aromatic carbocycles. The molecule has 7 heteroatoms. The van der Waals surface area contributed by atoms with Gasteiger partial charge in [0.15, 0.2) is 0 Å². The Hall–Kier alpha value is -1.05. The molecule has 0 aromatic heterocycles. The van der Waals surface area contributed by atoms with Crippen molar-refractivity contribution in [2.75, 3.05) is 26.4 Å². The summed E-state index contributed by atoms with van der Waals surface area (Å²) in [5, 5.41) is 3.60. The van der Waals surface area contributed by atoms with Gasteiger partial charge in [0.2, 0.25) is 10.0 Å². The predicted molar refractivity (Wildman–Crippen MR) is 94.4 cm³/mol. The zero-order valence-corrected chi connectivity index (χ0v) is 15.3. The average molecular weight is 357 g/mol. The van der Waals surface area contributed by atoms with E-state index < -0.39 is 10.0 Å². The molecular formula is C16H24N2O3S2. The lowest BCUT2D eigenvalue weighted by atomic mass is 10.2. The Bertz CT molecular complexity index is 638. The van der Waals surface area contributed by atoms with E-state index in [4.69, 9.17) is 0 Å². The molecule has 1 aliphatic rings. The summed E-state index contributed by atoms with van der Waals surface area (Å²) < 4.78 is 25.4. The van der Waals surface area contributed by atoms with Crippen molar-refractivity contribution in [1.82, 2.24) is 9.62 Å². The molecular weight excluding hydrogens is 332 g/mol. The van der Waals surface area contributed by atoms with Crippen molar-refractivity contribution in [3.8, 4) is 0 Å². The van der Waals surface area contributed by atoms with Crippen molar-refractivity contribution in [2.24, 2.45) is 0 Å². The number of benzene rings is 1. The maximum atomic E-state index is 12.2. The number of rotatable bonds is 7. The molecule has 0 saturated heterocycles. The smallest absolute Gasteiger partial charge is 0.251 e. The molecule has 0 aliphatic heterocycles. The molecule has 128 valence electrons. The normalized spacial score (nSPS) is 16.0. The number of amides is 1. The minimum Gasteiger partial charge on any atom is -0.351 e. The van der Waals surface area contributed by atoms with Crippen molar-refractivity contribution in [3.63, 3.8) is 0 Å². The van der Waals surface area contributed by atoms with Crippen LogP contribution in [0.3, 0.4) is 0 Å². The summed E-state index contributed by atoms with van der Waals surface area (Å²) in [6.07, 6.45) is 5.19. The number of hydrogen-bond donors (Lipinski definition) is 1. The topological polar surface area (TPSA) is 66.5 Å². The van der Waals surface area contributed by atoms with E-state index in [1.807, 2.05) is 11.8 Å². The average Bonchev–Trinajstić information content (AvgIpc) is 3.04. The Labute approximate surface area is 142 Å². The Kier molecular flexibility index (Phi) is 6.50. The van der Waals surface area contributed by atoms with Gasteiger partial charge in [-0.1, -0.05) is 18.9 Å². The second-order valence-corrected chi connectivity index (χ2v) is 9.41. The summed E-state index contributed by atoms with van der Waals surface area (Å²) >= 11 is 1.92. The van der Waals surface area contributed by atoms with Gasteiger partial charge >= 0.3 is 0 Å². The number of carbonyl (C=O) groups is 1. The van der Waals surface area contributed by atoms with E-state index in [-0.39, 0.29) is 10.8 Å². The van der Waals surface area contributed by atoms with Gasteiger partial charge in [-0.25, -0.2) is 12.7 Å². The second kappa shape index (κ2) is 8.17. The third kappa shape index (κ3) is 4.96. The zero-order chi connectivity index (χ0) is 16.9. The lowest BCUT2D eigenvalue weighted by molar-refractivity contribution is 0.0956. The van der Waals surface area contributed by atoms with Crippen LogP contribution in [0.4, 0.5) is 0 Å². The van der Waals surface area contributed by atoms with E-state index in [2.05, 4.69) is 5.32 Å². The number of nitrogens with zero attached hydrogens (tertiary/aromatic N) is 1. The first kappa shape index (κ1) is 18.3. The quantitative estimate of drug-likeness (QED) is 0.762. The lowest BCUT2D eigenvalue weighted by Crippen LogP contribution is -2.27. The number of thioether (sulfide) groups is 1.